The molecule has 0 unspecified atom stereocenters. The van der Waals surface area contributed by atoms with E-state index in [0.29, 0.717) is 22.6 Å². The van der Waals surface area contributed by atoms with Crippen molar-refractivity contribution in [3.63, 3.8) is 0 Å². The zero-order valence-electron chi connectivity index (χ0n) is 17.8. The van der Waals surface area contributed by atoms with Gasteiger partial charge in [0.05, 0.1) is 16.2 Å². The molecule has 34 heavy (non-hydrogen) atoms. The number of halogens is 4. The van der Waals surface area contributed by atoms with Crippen LogP contribution in [0, 0.1) is 17.0 Å². The standard InChI is InChI=1S/C21H18ClF3N6O3/c1-13-26-19(27-30(13)16-5-3-15(22)4-6-16)20(32)29-10-8-28(9-11-29)17-7-2-14(21(23,24)25)12-18(17)31(33)34/h2-7,12H,8-11H2,1H3. The van der Waals surface area contributed by atoms with Gasteiger partial charge in [0.25, 0.3) is 11.6 Å². The molecule has 0 saturated carbocycles. The highest BCUT2D eigenvalue weighted by Crippen LogP contribution is 2.36. The minimum Gasteiger partial charge on any atom is -0.362 e. The van der Waals surface area contributed by atoms with E-state index in [9.17, 15) is 28.1 Å². The maximum Gasteiger partial charge on any atom is 0.416 e. The molecular formula is C21H18ClF3N6O3. The van der Waals surface area contributed by atoms with Gasteiger partial charge in [-0.15, -0.1) is 5.10 Å². The highest BCUT2D eigenvalue weighted by Gasteiger charge is 2.34. The van der Waals surface area contributed by atoms with Gasteiger partial charge in [-0.2, -0.15) is 13.2 Å². The van der Waals surface area contributed by atoms with E-state index < -0.39 is 28.3 Å². The number of carbonyl (C=O) groups is 1. The van der Waals surface area contributed by atoms with Crippen LogP contribution in [0.25, 0.3) is 5.69 Å². The number of aryl methyl sites for hydroxylation is 1. The third kappa shape index (κ3) is 4.67. The Morgan fingerprint density at radius 3 is 2.32 bits per heavy atom. The molecule has 3 aromatic rings. The molecule has 1 aromatic heterocycles. The Balaban J connectivity index is 1.48. The smallest absolute Gasteiger partial charge is 0.362 e. The van der Waals surface area contributed by atoms with Crippen molar-refractivity contribution in [3.8, 4) is 5.69 Å². The zero-order valence-corrected chi connectivity index (χ0v) is 18.5. The molecule has 2 aromatic carbocycles. The number of rotatable bonds is 4. The third-order valence-electron chi connectivity index (χ3n) is 5.44. The van der Waals surface area contributed by atoms with E-state index in [2.05, 4.69) is 10.1 Å². The predicted molar refractivity (Wildman–Crippen MR) is 117 cm³/mol. The van der Waals surface area contributed by atoms with E-state index in [1.807, 2.05) is 0 Å². The van der Waals surface area contributed by atoms with Crippen molar-refractivity contribution < 1.29 is 22.9 Å². The fourth-order valence-corrected chi connectivity index (χ4v) is 3.84. The molecular weight excluding hydrogens is 477 g/mol. The van der Waals surface area contributed by atoms with Crippen LogP contribution in [0.4, 0.5) is 24.5 Å². The summed E-state index contributed by atoms with van der Waals surface area (Å²) in [5.41, 5.74) is -0.956. The third-order valence-corrected chi connectivity index (χ3v) is 5.69. The summed E-state index contributed by atoms with van der Waals surface area (Å²) in [7, 11) is 0. The second kappa shape index (κ2) is 8.93. The Hall–Kier alpha value is -3.67. The molecule has 0 aliphatic carbocycles. The van der Waals surface area contributed by atoms with Crippen molar-refractivity contribution in [2.45, 2.75) is 13.1 Å². The van der Waals surface area contributed by atoms with Gasteiger partial charge in [0.1, 0.15) is 11.5 Å². The molecule has 1 aliphatic rings. The number of nitro benzene ring substituents is 1. The number of hydrogen-bond acceptors (Lipinski definition) is 6. The lowest BCUT2D eigenvalue weighted by molar-refractivity contribution is -0.384. The number of alkyl halides is 3. The molecule has 178 valence electrons. The molecule has 0 atom stereocenters. The summed E-state index contributed by atoms with van der Waals surface area (Å²) in [5.74, 6) is 0.100. The number of nitrogens with zero attached hydrogens (tertiary/aromatic N) is 6. The molecule has 1 amide bonds. The average molecular weight is 495 g/mol. The van der Waals surface area contributed by atoms with Crippen LogP contribution in [-0.2, 0) is 6.18 Å². The van der Waals surface area contributed by atoms with Crippen LogP contribution in [-0.4, -0.2) is 56.7 Å². The summed E-state index contributed by atoms with van der Waals surface area (Å²) in [4.78, 5) is 30.8. The molecule has 4 rings (SSSR count). The normalized spacial score (nSPS) is 14.4. The maximum absolute atomic E-state index is 13.0. The van der Waals surface area contributed by atoms with E-state index >= 15 is 0 Å². The van der Waals surface area contributed by atoms with E-state index in [-0.39, 0.29) is 37.7 Å². The number of hydrogen-bond donors (Lipinski definition) is 0. The summed E-state index contributed by atoms with van der Waals surface area (Å²) in [6, 6.07) is 9.32. The Morgan fingerprint density at radius 1 is 1.09 bits per heavy atom. The molecule has 1 saturated heterocycles. The van der Waals surface area contributed by atoms with Gasteiger partial charge in [-0.1, -0.05) is 11.6 Å². The van der Waals surface area contributed by atoms with Crippen molar-refractivity contribution in [1.29, 1.82) is 0 Å². The first-order chi connectivity index (χ1) is 16.0. The summed E-state index contributed by atoms with van der Waals surface area (Å²) >= 11 is 5.91. The second-order valence-electron chi connectivity index (χ2n) is 7.61. The summed E-state index contributed by atoms with van der Waals surface area (Å²) in [6.07, 6.45) is -4.69. The van der Waals surface area contributed by atoms with Crippen LogP contribution in [0.2, 0.25) is 5.02 Å². The van der Waals surface area contributed by atoms with Gasteiger partial charge in [-0.25, -0.2) is 9.67 Å². The number of piperazine rings is 1. The van der Waals surface area contributed by atoms with Crippen molar-refractivity contribution in [1.82, 2.24) is 19.7 Å². The minimum absolute atomic E-state index is 0.00131. The Labute approximate surface area is 196 Å². The predicted octanol–water partition coefficient (Wildman–Crippen LogP) is 4.12. The SMILES string of the molecule is Cc1nc(C(=O)N2CCN(c3ccc(C(F)(F)F)cc3[N+](=O)[O-])CC2)nn1-c1ccc(Cl)cc1. The van der Waals surface area contributed by atoms with Crippen LogP contribution in [0.3, 0.4) is 0 Å². The van der Waals surface area contributed by atoms with Crippen molar-refractivity contribution in [2.75, 3.05) is 31.1 Å². The lowest BCUT2D eigenvalue weighted by Gasteiger charge is -2.35. The largest absolute Gasteiger partial charge is 0.416 e. The van der Waals surface area contributed by atoms with Gasteiger partial charge < -0.3 is 9.80 Å². The highest BCUT2D eigenvalue weighted by molar-refractivity contribution is 6.30. The number of anilines is 1. The topological polar surface area (TPSA) is 97.4 Å². The summed E-state index contributed by atoms with van der Waals surface area (Å²) in [5, 5.41) is 16.2. The van der Waals surface area contributed by atoms with Crippen molar-refractivity contribution in [3.05, 3.63) is 74.8 Å². The van der Waals surface area contributed by atoms with E-state index in [0.717, 1.165) is 12.1 Å². The maximum atomic E-state index is 13.0. The van der Waals surface area contributed by atoms with Gasteiger partial charge in [0, 0.05) is 37.3 Å². The lowest BCUT2D eigenvalue weighted by atomic mass is 10.1. The first kappa shape index (κ1) is 23.5. The fraction of sp³-hybridized carbons (Fsp3) is 0.286. The quantitative estimate of drug-likeness (QED) is 0.400. The van der Waals surface area contributed by atoms with Gasteiger partial charge in [0.15, 0.2) is 0 Å². The fourth-order valence-electron chi connectivity index (χ4n) is 3.71. The van der Waals surface area contributed by atoms with Crippen LogP contribution in [0.1, 0.15) is 22.0 Å². The van der Waals surface area contributed by atoms with Gasteiger partial charge in [-0.05, 0) is 43.3 Å². The number of benzene rings is 2. The molecule has 0 spiro atoms. The molecule has 1 fully saturated rings. The number of nitro groups is 1. The highest BCUT2D eigenvalue weighted by atomic mass is 35.5. The molecule has 2 heterocycles. The minimum atomic E-state index is -4.69. The molecule has 0 N–H and O–H groups in total. The van der Waals surface area contributed by atoms with Crippen LogP contribution >= 0.6 is 11.6 Å². The van der Waals surface area contributed by atoms with Crippen molar-refractivity contribution >= 4 is 28.9 Å². The molecule has 9 nitrogen and oxygen atoms in total. The van der Waals surface area contributed by atoms with E-state index in [1.54, 1.807) is 36.1 Å². The summed E-state index contributed by atoms with van der Waals surface area (Å²) < 4.78 is 40.4. The van der Waals surface area contributed by atoms with Gasteiger partial charge >= 0.3 is 6.18 Å². The Bertz CT molecular complexity index is 1240. The van der Waals surface area contributed by atoms with E-state index in [4.69, 9.17) is 11.6 Å². The monoisotopic (exact) mass is 494 g/mol. The van der Waals surface area contributed by atoms with Crippen LogP contribution < -0.4 is 4.90 Å². The first-order valence-corrected chi connectivity index (χ1v) is 10.5. The number of amides is 1. The average Bonchev–Trinajstić information content (AvgIpc) is 3.19. The number of carbonyl (C=O) groups excluding carboxylic acids is 1. The Kier molecular flexibility index (Phi) is 6.17. The van der Waals surface area contributed by atoms with Gasteiger partial charge in [0.2, 0.25) is 5.82 Å². The molecule has 0 bridgehead atoms. The molecule has 13 heteroatoms. The van der Waals surface area contributed by atoms with Crippen molar-refractivity contribution in [2.24, 2.45) is 0 Å². The second-order valence-corrected chi connectivity index (χ2v) is 8.04. The summed E-state index contributed by atoms with van der Waals surface area (Å²) in [6.45, 7) is 2.51. The molecule has 1 aliphatic heterocycles. The molecule has 0 radical (unpaired) electrons. The van der Waals surface area contributed by atoms with Crippen LogP contribution in [0.5, 0.6) is 0 Å². The first-order valence-electron chi connectivity index (χ1n) is 10.1. The lowest BCUT2D eigenvalue weighted by Crippen LogP contribution is -2.49. The zero-order chi connectivity index (χ0) is 24.6. The van der Waals surface area contributed by atoms with E-state index in [1.165, 1.54) is 9.58 Å². The van der Waals surface area contributed by atoms with Crippen LogP contribution in [0.15, 0.2) is 42.5 Å². The van der Waals surface area contributed by atoms with Gasteiger partial charge in [-0.3, -0.25) is 14.9 Å². The Morgan fingerprint density at radius 2 is 1.74 bits per heavy atom. The number of aromatic nitrogens is 3.